The van der Waals surface area contributed by atoms with E-state index in [0.29, 0.717) is 96.4 Å². The Morgan fingerprint density at radius 2 is 1.05 bits per heavy atom. The van der Waals surface area contributed by atoms with Crippen molar-refractivity contribution in [2.24, 2.45) is 0 Å². The van der Waals surface area contributed by atoms with Crippen LogP contribution in [0.5, 0.6) is 0 Å². The van der Waals surface area contributed by atoms with Crippen LogP contribution in [0.1, 0.15) is 51.4 Å². The fraction of sp³-hybridized carbons (Fsp3) is 0.692. The summed E-state index contributed by atoms with van der Waals surface area (Å²) in [6, 6.07) is 0. The Kier molecular flexibility index (Phi) is 15.6. The molecule has 0 aliphatic carbocycles. The maximum Gasteiger partial charge on any atom is 0.305 e. The van der Waals surface area contributed by atoms with Crippen molar-refractivity contribution in [3.63, 3.8) is 0 Å². The van der Waals surface area contributed by atoms with Crippen molar-refractivity contribution in [3.8, 4) is 0 Å². The van der Waals surface area contributed by atoms with Gasteiger partial charge in [0.15, 0.2) is 0 Å². The van der Waals surface area contributed by atoms with Crippen molar-refractivity contribution in [2.75, 3.05) is 67.6 Å². The molecule has 0 aromatic carbocycles. The van der Waals surface area contributed by atoms with Gasteiger partial charge in [-0.05, 0) is 53.9 Å². The zero-order valence-corrected chi connectivity index (χ0v) is 27.0. The maximum atomic E-state index is 13.1. The highest BCUT2D eigenvalue weighted by molar-refractivity contribution is 8.29. The van der Waals surface area contributed by atoms with Crippen molar-refractivity contribution >= 4 is 80.4 Å². The van der Waals surface area contributed by atoms with Crippen molar-refractivity contribution in [1.29, 1.82) is 0 Å². The molecule has 2 heterocycles. The lowest BCUT2D eigenvalue weighted by molar-refractivity contribution is -0.145. The Bertz CT molecular complexity index is 912. The second kappa shape index (κ2) is 18.1. The van der Waals surface area contributed by atoms with Crippen LogP contribution in [0, 0.1) is 0 Å². The lowest BCUT2D eigenvalue weighted by Gasteiger charge is -2.14. The number of hydrogen-bond donors (Lipinski definition) is 0. The number of nitrogens with zero attached hydrogens (tertiary/aromatic N) is 4. The van der Waals surface area contributed by atoms with Gasteiger partial charge in [0.05, 0.1) is 9.81 Å². The molecule has 14 heteroatoms. The van der Waals surface area contributed by atoms with Crippen molar-refractivity contribution in [2.45, 2.75) is 51.4 Å². The van der Waals surface area contributed by atoms with Gasteiger partial charge >= 0.3 is 11.9 Å². The Morgan fingerprint density at radius 1 is 0.675 bits per heavy atom. The molecule has 224 valence electrons. The van der Waals surface area contributed by atoms with Crippen LogP contribution in [0.2, 0.25) is 0 Å². The van der Waals surface area contributed by atoms with Crippen LogP contribution in [0.15, 0.2) is 9.81 Å². The minimum atomic E-state index is -0.272. The third kappa shape index (κ3) is 11.7. The number of hydrogen-bond acceptors (Lipinski definition) is 12. The molecule has 10 nitrogen and oxygen atoms in total. The van der Waals surface area contributed by atoms with Gasteiger partial charge in [-0.1, -0.05) is 60.8 Å². The summed E-state index contributed by atoms with van der Waals surface area (Å²) in [6.07, 6.45) is 4.92. The summed E-state index contributed by atoms with van der Waals surface area (Å²) < 4.78 is 11.2. The molecular weight excluding hydrogens is 593 g/mol. The topological polar surface area (TPSA) is 99.7 Å². The van der Waals surface area contributed by atoms with Gasteiger partial charge in [-0.25, -0.2) is 0 Å². The second-order valence-corrected chi connectivity index (χ2v) is 13.3. The first-order valence-electron chi connectivity index (χ1n) is 13.4. The summed E-state index contributed by atoms with van der Waals surface area (Å²) in [7, 11) is 7.68. The van der Waals surface area contributed by atoms with Crippen LogP contribution in [0.4, 0.5) is 0 Å². The van der Waals surface area contributed by atoms with E-state index in [1.54, 1.807) is 0 Å². The summed E-state index contributed by atoms with van der Waals surface area (Å²) in [5.41, 5.74) is 0. The lowest BCUT2D eigenvalue weighted by Crippen LogP contribution is -2.31. The SMILES string of the molecule is CN(C)CCOC(=O)CCCCCN1C(=O)/C(=C2\SC(=S)N(CCCCCC(=O)OCCN(C)C)C2=O)SC1=S. The first-order chi connectivity index (χ1) is 19.0. The number of esters is 2. The largest absolute Gasteiger partial charge is 0.464 e. The zero-order chi connectivity index (χ0) is 29.7. The maximum absolute atomic E-state index is 13.1. The molecule has 0 N–H and O–H groups in total. The molecule has 0 unspecified atom stereocenters. The fourth-order valence-corrected chi connectivity index (χ4v) is 6.49. The second-order valence-electron chi connectivity index (χ2n) is 9.98. The van der Waals surface area contributed by atoms with E-state index in [1.165, 1.54) is 9.80 Å². The molecule has 2 aliphatic heterocycles. The Hall–Kier alpha value is -1.58. The first kappa shape index (κ1) is 34.6. The van der Waals surface area contributed by atoms with Crippen LogP contribution in [-0.4, -0.2) is 120 Å². The number of ether oxygens (including phenoxy) is 2. The number of thiocarbonyl (C=S) groups is 2. The minimum Gasteiger partial charge on any atom is -0.464 e. The molecule has 0 atom stereocenters. The van der Waals surface area contributed by atoms with Crippen LogP contribution < -0.4 is 0 Å². The molecule has 2 fully saturated rings. The number of rotatable bonds is 18. The van der Waals surface area contributed by atoms with E-state index in [1.807, 2.05) is 38.0 Å². The van der Waals surface area contributed by atoms with E-state index < -0.39 is 0 Å². The summed E-state index contributed by atoms with van der Waals surface area (Å²) >= 11 is 13.1. The molecular formula is C26H40N4O6S4. The van der Waals surface area contributed by atoms with E-state index in [4.69, 9.17) is 33.9 Å². The third-order valence-electron chi connectivity index (χ3n) is 6.03. The first-order valence-corrected chi connectivity index (χ1v) is 15.9. The Morgan fingerprint density at radius 3 is 1.40 bits per heavy atom. The van der Waals surface area contributed by atoms with E-state index in [9.17, 15) is 19.2 Å². The monoisotopic (exact) mass is 632 g/mol. The van der Waals surface area contributed by atoms with Crippen LogP contribution in [0.3, 0.4) is 0 Å². The van der Waals surface area contributed by atoms with Gasteiger partial charge in [0.2, 0.25) is 0 Å². The Balaban J connectivity index is 1.74. The predicted octanol–water partition coefficient (Wildman–Crippen LogP) is 3.25. The van der Waals surface area contributed by atoms with Crippen LogP contribution in [-0.2, 0) is 28.7 Å². The molecule has 0 saturated carbocycles. The highest BCUT2D eigenvalue weighted by Crippen LogP contribution is 2.42. The predicted molar refractivity (Wildman–Crippen MR) is 167 cm³/mol. The number of carbonyl (C=O) groups excluding carboxylic acids is 4. The van der Waals surface area contributed by atoms with E-state index >= 15 is 0 Å². The van der Waals surface area contributed by atoms with Gasteiger partial charge in [0, 0.05) is 39.0 Å². The summed E-state index contributed by atoms with van der Waals surface area (Å²) in [5.74, 6) is -0.974. The molecule has 0 aromatic heterocycles. The van der Waals surface area contributed by atoms with E-state index in [-0.39, 0.29) is 23.8 Å². The Labute approximate surface area is 256 Å². The number of amides is 2. The molecule has 0 bridgehead atoms. The number of thioether (sulfide) groups is 2. The van der Waals surface area contributed by atoms with E-state index in [0.717, 1.165) is 36.4 Å². The van der Waals surface area contributed by atoms with E-state index in [2.05, 4.69) is 0 Å². The van der Waals surface area contributed by atoms with Crippen LogP contribution in [0.25, 0.3) is 0 Å². The number of likely N-dealkylation sites (N-methyl/N-ethyl adjacent to an activating group) is 2. The molecule has 2 rings (SSSR count). The minimum absolute atomic E-state index is 0.215. The zero-order valence-electron chi connectivity index (χ0n) is 23.8. The van der Waals surface area contributed by atoms with Gasteiger partial charge in [-0.3, -0.25) is 29.0 Å². The summed E-state index contributed by atoms with van der Waals surface area (Å²) in [6.45, 7) is 3.00. The van der Waals surface area contributed by atoms with Crippen molar-refractivity contribution in [3.05, 3.63) is 9.81 Å². The van der Waals surface area contributed by atoms with Gasteiger partial charge in [-0.15, -0.1) is 0 Å². The fourth-order valence-electron chi connectivity index (χ4n) is 3.72. The molecule has 2 aliphatic rings. The molecule has 2 saturated heterocycles. The third-order valence-corrected chi connectivity index (χ3v) is 9.06. The molecule has 40 heavy (non-hydrogen) atoms. The standard InChI is InChI=1S/C26H40N4O6S4/c1-27(2)15-17-35-19(31)11-7-5-9-13-29-23(33)21(39-25(29)37)22-24(34)30(26(38)40-22)14-10-6-8-12-20(32)36-18-16-28(3)4/h5-18H2,1-4H3/b22-21+. The van der Waals surface area contributed by atoms with Crippen molar-refractivity contribution in [1.82, 2.24) is 19.6 Å². The molecule has 2 amide bonds. The lowest BCUT2D eigenvalue weighted by atomic mass is 10.2. The molecule has 0 radical (unpaired) electrons. The number of carbonyl (C=O) groups is 4. The van der Waals surface area contributed by atoms with Gasteiger partial charge in [0.1, 0.15) is 21.9 Å². The average molecular weight is 633 g/mol. The average Bonchev–Trinajstić information content (AvgIpc) is 3.32. The van der Waals surface area contributed by atoms with Crippen LogP contribution >= 0.6 is 48.0 Å². The smallest absolute Gasteiger partial charge is 0.305 e. The summed E-state index contributed by atoms with van der Waals surface area (Å²) in [4.78, 5) is 57.4. The highest BCUT2D eigenvalue weighted by Gasteiger charge is 2.41. The van der Waals surface area contributed by atoms with Gasteiger partial charge < -0.3 is 19.3 Å². The van der Waals surface area contributed by atoms with Crippen molar-refractivity contribution < 1.29 is 28.7 Å². The molecule has 0 aromatic rings. The molecule has 0 spiro atoms. The van der Waals surface area contributed by atoms with Gasteiger partial charge in [0.25, 0.3) is 11.8 Å². The highest BCUT2D eigenvalue weighted by atomic mass is 32.2. The van der Waals surface area contributed by atoms with Gasteiger partial charge in [-0.2, -0.15) is 0 Å². The quantitative estimate of drug-likeness (QED) is 0.0960. The number of unbranched alkanes of at least 4 members (excludes halogenated alkanes) is 4. The normalized spacial score (nSPS) is 17.6. The summed E-state index contributed by atoms with van der Waals surface area (Å²) in [5, 5.41) is 0.